The summed E-state index contributed by atoms with van der Waals surface area (Å²) >= 11 is 0. The van der Waals surface area contributed by atoms with E-state index in [2.05, 4.69) is 48.3 Å². The number of carbonyl (C=O) groups excluding carboxylic acids is 1. The van der Waals surface area contributed by atoms with E-state index >= 15 is 0 Å². The van der Waals surface area contributed by atoms with Crippen molar-refractivity contribution in [1.82, 2.24) is 10.2 Å². The average Bonchev–Trinajstić information content (AvgIpc) is 2.59. The van der Waals surface area contributed by atoms with Gasteiger partial charge in [0.1, 0.15) is 0 Å². The van der Waals surface area contributed by atoms with E-state index in [0.717, 1.165) is 19.5 Å². The van der Waals surface area contributed by atoms with Gasteiger partial charge < -0.3 is 11.1 Å². The summed E-state index contributed by atoms with van der Waals surface area (Å²) in [4.78, 5) is 14.8. The molecule has 0 atom stereocenters. The van der Waals surface area contributed by atoms with Crippen molar-refractivity contribution in [3.63, 3.8) is 0 Å². The van der Waals surface area contributed by atoms with E-state index in [9.17, 15) is 4.79 Å². The zero-order valence-electron chi connectivity index (χ0n) is 15.2. The lowest BCUT2D eigenvalue weighted by Crippen LogP contribution is -2.53. The second-order valence-corrected chi connectivity index (χ2v) is 7.06. The summed E-state index contributed by atoms with van der Waals surface area (Å²) in [5.74, 6) is -0.0761. The van der Waals surface area contributed by atoms with E-state index in [-0.39, 0.29) is 36.3 Å². The molecule has 2 aromatic rings. The molecule has 0 unspecified atom stereocenters. The quantitative estimate of drug-likeness (QED) is 0.776. The highest BCUT2D eigenvalue weighted by Gasteiger charge is 2.30. The van der Waals surface area contributed by atoms with Gasteiger partial charge in [-0.3, -0.25) is 9.69 Å². The number of hydrogen-bond acceptors (Lipinski definition) is 3. The van der Waals surface area contributed by atoms with E-state index in [4.69, 9.17) is 5.73 Å². The Balaban J connectivity index is 0.00000169. The Kier molecular flexibility index (Phi) is 7.94. The first-order valence-corrected chi connectivity index (χ1v) is 8.41. The Morgan fingerprint density at radius 2 is 1.81 bits per heavy atom. The van der Waals surface area contributed by atoms with Crippen molar-refractivity contribution in [2.24, 2.45) is 0 Å². The molecular weight excluding hydrogens is 369 g/mol. The fourth-order valence-corrected chi connectivity index (χ4v) is 3.20. The molecule has 0 aliphatic carbocycles. The fraction of sp³-hybridized carbons (Fsp3) is 0.350. The Bertz CT molecular complexity index is 749. The van der Waals surface area contributed by atoms with E-state index in [0.29, 0.717) is 17.8 Å². The normalized spacial score (nSPS) is 13.8. The molecule has 0 saturated heterocycles. The smallest absolute Gasteiger partial charge is 0.251 e. The van der Waals surface area contributed by atoms with Gasteiger partial charge in [-0.25, -0.2) is 0 Å². The van der Waals surface area contributed by atoms with Crippen molar-refractivity contribution >= 4 is 36.4 Å². The number of rotatable bonds is 4. The highest BCUT2D eigenvalue weighted by Crippen LogP contribution is 2.25. The molecule has 3 rings (SSSR count). The summed E-state index contributed by atoms with van der Waals surface area (Å²) in [6.45, 7) is 6.90. The molecule has 0 aromatic heterocycles. The van der Waals surface area contributed by atoms with Gasteiger partial charge >= 0.3 is 0 Å². The number of nitrogen functional groups attached to an aromatic ring is 1. The molecule has 2 aromatic carbocycles. The van der Waals surface area contributed by atoms with E-state index in [1.165, 1.54) is 11.1 Å². The summed E-state index contributed by atoms with van der Waals surface area (Å²) in [5, 5.41) is 3.05. The van der Waals surface area contributed by atoms with Gasteiger partial charge in [-0.05, 0) is 49.6 Å². The van der Waals surface area contributed by atoms with Crippen LogP contribution in [-0.2, 0) is 13.0 Å². The van der Waals surface area contributed by atoms with Crippen LogP contribution in [0.1, 0.15) is 35.3 Å². The molecule has 0 bridgehead atoms. The van der Waals surface area contributed by atoms with Crippen LogP contribution in [0.5, 0.6) is 0 Å². The summed E-state index contributed by atoms with van der Waals surface area (Å²) < 4.78 is 0. The molecule has 3 N–H and O–H groups in total. The third kappa shape index (κ3) is 5.13. The molecule has 1 amide bonds. The van der Waals surface area contributed by atoms with Crippen LogP contribution in [0.2, 0.25) is 0 Å². The van der Waals surface area contributed by atoms with Crippen LogP contribution in [0, 0.1) is 0 Å². The third-order valence-corrected chi connectivity index (χ3v) is 4.82. The Labute approximate surface area is 168 Å². The van der Waals surface area contributed by atoms with Gasteiger partial charge in [0.25, 0.3) is 5.91 Å². The third-order valence-electron chi connectivity index (χ3n) is 4.82. The number of anilines is 1. The molecule has 6 heteroatoms. The summed E-state index contributed by atoms with van der Waals surface area (Å²) in [5.41, 5.74) is 9.68. The Hall–Kier alpha value is -1.75. The predicted molar refractivity (Wildman–Crippen MR) is 112 cm³/mol. The molecule has 1 aliphatic heterocycles. The van der Waals surface area contributed by atoms with Gasteiger partial charge in [0.2, 0.25) is 0 Å². The molecule has 0 radical (unpaired) electrons. The van der Waals surface area contributed by atoms with Gasteiger partial charge in [0, 0.05) is 36.4 Å². The van der Waals surface area contributed by atoms with Crippen molar-refractivity contribution in [2.45, 2.75) is 32.4 Å². The van der Waals surface area contributed by atoms with Crippen molar-refractivity contribution < 1.29 is 4.79 Å². The average molecular weight is 396 g/mol. The van der Waals surface area contributed by atoms with Crippen molar-refractivity contribution in [3.05, 3.63) is 65.2 Å². The molecule has 0 fully saturated rings. The molecule has 0 saturated carbocycles. The first-order valence-electron chi connectivity index (χ1n) is 8.41. The second kappa shape index (κ2) is 9.26. The van der Waals surface area contributed by atoms with Crippen LogP contribution < -0.4 is 11.1 Å². The van der Waals surface area contributed by atoms with E-state index in [1.54, 1.807) is 24.3 Å². The second-order valence-electron chi connectivity index (χ2n) is 7.06. The van der Waals surface area contributed by atoms with Crippen LogP contribution in [0.3, 0.4) is 0 Å². The molecule has 1 aliphatic rings. The zero-order chi connectivity index (χ0) is 17.2. The lowest BCUT2D eigenvalue weighted by Gasteiger charge is -2.41. The first-order chi connectivity index (χ1) is 11.5. The fourth-order valence-electron chi connectivity index (χ4n) is 3.20. The van der Waals surface area contributed by atoms with Gasteiger partial charge in [0.05, 0.1) is 0 Å². The van der Waals surface area contributed by atoms with Crippen LogP contribution in [0.15, 0.2) is 48.5 Å². The topological polar surface area (TPSA) is 58.4 Å². The van der Waals surface area contributed by atoms with E-state index in [1.807, 2.05) is 0 Å². The van der Waals surface area contributed by atoms with Crippen LogP contribution in [-0.4, -0.2) is 29.4 Å². The number of carbonyl (C=O) groups is 1. The largest absolute Gasteiger partial charge is 0.399 e. The molecule has 1 heterocycles. The number of halogens is 2. The molecule has 0 spiro atoms. The van der Waals surface area contributed by atoms with Gasteiger partial charge in [-0.15, -0.1) is 24.8 Å². The summed E-state index contributed by atoms with van der Waals surface area (Å²) in [7, 11) is 0. The van der Waals surface area contributed by atoms with Gasteiger partial charge in [-0.2, -0.15) is 0 Å². The summed E-state index contributed by atoms with van der Waals surface area (Å²) in [6, 6.07) is 15.7. The van der Waals surface area contributed by atoms with Crippen molar-refractivity contribution in [1.29, 1.82) is 0 Å². The Morgan fingerprint density at radius 1 is 1.12 bits per heavy atom. The number of hydrogen-bond donors (Lipinski definition) is 2. The first kappa shape index (κ1) is 22.3. The Morgan fingerprint density at radius 3 is 2.50 bits per heavy atom. The number of nitrogens with two attached hydrogens (primary N) is 1. The molecular formula is C20H27Cl2N3O. The number of nitrogens with one attached hydrogen (secondary N) is 1. The highest BCUT2D eigenvalue weighted by molar-refractivity contribution is 5.95. The zero-order valence-corrected chi connectivity index (χ0v) is 16.8. The maximum Gasteiger partial charge on any atom is 0.251 e. The molecule has 4 nitrogen and oxygen atoms in total. The van der Waals surface area contributed by atoms with Gasteiger partial charge in [-0.1, -0.05) is 30.3 Å². The van der Waals surface area contributed by atoms with Crippen LogP contribution in [0.4, 0.5) is 5.69 Å². The lowest BCUT2D eigenvalue weighted by atomic mass is 9.94. The maximum atomic E-state index is 12.3. The lowest BCUT2D eigenvalue weighted by molar-refractivity contribution is 0.0826. The van der Waals surface area contributed by atoms with E-state index < -0.39 is 0 Å². The van der Waals surface area contributed by atoms with Crippen molar-refractivity contribution in [3.8, 4) is 0 Å². The van der Waals surface area contributed by atoms with Crippen LogP contribution in [0.25, 0.3) is 0 Å². The monoisotopic (exact) mass is 395 g/mol. The van der Waals surface area contributed by atoms with Crippen molar-refractivity contribution in [2.75, 3.05) is 18.8 Å². The minimum atomic E-state index is -0.108. The number of benzene rings is 2. The molecule has 142 valence electrons. The minimum Gasteiger partial charge on any atom is -0.399 e. The van der Waals surface area contributed by atoms with Gasteiger partial charge in [0.15, 0.2) is 0 Å². The SMILES string of the molecule is CC(C)(CNC(=O)c1cccc(N)c1)N1CCc2ccccc2C1.Cl.Cl. The standard InChI is InChI=1S/C20H25N3O.2ClH/c1-20(2,14-22-19(24)16-8-5-9-18(21)12-16)23-11-10-15-6-3-4-7-17(15)13-23;;/h3-9,12H,10-11,13-14,21H2,1-2H3,(H,22,24);2*1H. The van der Waals surface area contributed by atoms with Crippen LogP contribution >= 0.6 is 24.8 Å². The summed E-state index contributed by atoms with van der Waals surface area (Å²) in [6.07, 6.45) is 1.06. The number of amides is 1. The minimum absolute atomic E-state index is 0. The maximum absolute atomic E-state index is 12.3. The predicted octanol–water partition coefficient (Wildman–Crippen LogP) is 3.68. The molecule has 26 heavy (non-hydrogen) atoms. The highest BCUT2D eigenvalue weighted by atomic mass is 35.5. The number of fused-ring (bicyclic) bond motifs is 1. The number of nitrogens with zero attached hydrogens (tertiary/aromatic N) is 1.